The molecule has 89 heavy (non-hydrogen) atoms. The molecular weight excluding hydrogens is 1120 g/mol. The number of H-pyrrole nitrogens is 3. The van der Waals surface area contributed by atoms with Gasteiger partial charge in [0.05, 0.1) is 36.4 Å². The van der Waals surface area contributed by atoms with Gasteiger partial charge < -0.3 is 58.6 Å². The van der Waals surface area contributed by atoms with Gasteiger partial charge in [0.25, 0.3) is 11.8 Å². The average Bonchev–Trinajstić information content (AvgIpc) is 4.46. The summed E-state index contributed by atoms with van der Waals surface area (Å²) in [7, 11) is 0. The van der Waals surface area contributed by atoms with Gasteiger partial charge in [0.1, 0.15) is 25.6 Å². The van der Waals surface area contributed by atoms with Gasteiger partial charge in [-0.3, -0.25) is 14.4 Å². The lowest BCUT2D eigenvalue weighted by atomic mass is 9.89. The van der Waals surface area contributed by atoms with Gasteiger partial charge in [0.2, 0.25) is 5.91 Å². The minimum absolute atomic E-state index is 0.0589. The number of anilines is 2. The minimum Gasteiger partial charge on any atom is -0.363 e. The lowest BCUT2D eigenvalue weighted by Gasteiger charge is -2.47. The first-order valence-corrected chi connectivity index (χ1v) is 32.0. The molecule has 3 N–H and O–H groups in total. The van der Waals surface area contributed by atoms with E-state index in [0.717, 1.165) is 122 Å². The van der Waals surface area contributed by atoms with Crippen LogP contribution >= 0.6 is 0 Å². The highest BCUT2D eigenvalue weighted by atomic mass is 19.1. The first kappa shape index (κ1) is 60.0. The van der Waals surface area contributed by atoms with Gasteiger partial charge in [-0.1, -0.05) is 109 Å². The molecule has 0 saturated carbocycles. The summed E-state index contributed by atoms with van der Waals surface area (Å²) in [5.41, 5.74) is 9.77. The standard InChI is InChI=1S/C25H29N3O2.C24H26FN3O2.C24H27N3O2/c29-24-18-30-25(19-28(24)17-20-6-2-1-3-7-20)11-14-27(15-12-25)13-10-21-16-26-23-9-5-4-8-22(21)23;25-19-4-3-5-20(14-19)28-17-24(30-16-23(28)29)9-12-27(13-10-24)11-8-18-15-26-22-7-2-1-6-21(18)22;28-23-17-29-24(18-27(23)20-6-2-1-3-7-20)11-14-26(15-12-24)13-10-19-16-25-22-9-5-4-8-21(19)22/h1-9,16,26H,10-15,17-19H2;1-7,14-15,26H,8-13,16-17H2;1-9,16,25H,10-15,17-18H2. The zero-order chi connectivity index (χ0) is 60.6. The van der Waals surface area contributed by atoms with Gasteiger partial charge >= 0.3 is 0 Å². The van der Waals surface area contributed by atoms with Crippen molar-refractivity contribution in [2.45, 2.75) is 81.1 Å². The van der Waals surface area contributed by atoms with Crippen LogP contribution in [0, 0.1) is 5.82 Å². The molecule has 6 fully saturated rings. The molecule has 6 aromatic carbocycles. The Bertz CT molecular complexity index is 3840. The van der Waals surface area contributed by atoms with Gasteiger partial charge in [-0.25, -0.2) is 4.39 Å². The van der Waals surface area contributed by atoms with Crippen LogP contribution in [0.15, 0.2) is 176 Å². The first-order chi connectivity index (χ1) is 43.5. The third-order valence-corrected chi connectivity index (χ3v) is 19.7. The molecule has 6 aliphatic heterocycles. The molecule has 6 aliphatic rings. The molecule has 3 aromatic heterocycles. The SMILES string of the molecule is O=C1COC2(CCN(CCc3c[nH]c4ccccc34)CC2)CN1Cc1ccccc1.O=C1COC2(CCN(CCc3c[nH]c4ccccc34)CC2)CN1c1cccc(F)c1.O=C1COC2(CCN(CCc3c[nH]c4ccccc34)CC2)CN1c1ccccc1. The topological polar surface area (TPSA) is 146 Å². The second kappa shape index (κ2) is 27.0. The summed E-state index contributed by atoms with van der Waals surface area (Å²) < 4.78 is 31.9. The van der Waals surface area contributed by atoms with E-state index in [9.17, 15) is 18.8 Å². The molecule has 0 aliphatic carbocycles. The van der Waals surface area contributed by atoms with Crippen molar-refractivity contribution in [2.24, 2.45) is 0 Å². The molecule has 6 saturated heterocycles. The normalized spacial score (nSPS) is 19.7. The molecule has 462 valence electrons. The van der Waals surface area contributed by atoms with Crippen molar-refractivity contribution in [2.75, 3.05) is 108 Å². The van der Waals surface area contributed by atoms with E-state index in [4.69, 9.17) is 14.2 Å². The fourth-order valence-electron chi connectivity index (χ4n) is 14.2. The number of halogens is 1. The van der Waals surface area contributed by atoms with E-state index in [1.165, 1.54) is 67.1 Å². The predicted molar refractivity (Wildman–Crippen MR) is 348 cm³/mol. The van der Waals surface area contributed by atoms with Crippen LogP contribution in [0.25, 0.3) is 32.7 Å². The van der Waals surface area contributed by atoms with Crippen LogP contribution in [0.3, 0.4) is 0 Å². The van der Waals surface area contributed by atoms with Crippen molar-refractivity contribution in [3.05, 3.63) is 204 Å². The number of fused-ring (bicyclic) bond motifs is 3. The highest BCUT2D eigenvalue weighted by molar-refractivity contribution is 5.96. The number of aromatic amines is 3. The summed E-state index contributed by atoms with van der Waals surface area (Å²) in [6.45, 7) is 12.1. The zero-order valence-electron chi connectivity index (χ0n) is 50.9. The Balaban J connectivity index is 0.000000123. The van der Waals surface area contributed by atoms with Crippen LogP contribution in [-0.2, 0) is 54.4 Å². The average molecular weight is 1200 g/mol. The lowest BCUT2D eigenvalue weighted by Crippen LogP contribution is -2.59. The quantitative estimate of drug-likeness (QED) is 0.103. The smallest absolute Gasteiger partial charge is 0.253 e. The maximum absolute atomic E-state index is 13.7. The second-order valence-corrected chi connectivity index (χ2v) is 25.3. The van der Waals surface area contributed by atoms with Crippen LogP contribution in [0.2, 0.25) is 0 Å². The molecule has 3 spiro atoms. The van der Waals surface area contributed by atoms with E-state index in [1.54, 1.807) is 17.0 Å². The number of para-hydroxylation sites is 4. The van der Waals surface area contributed by atoms with Crippen molar-refractivity contribution >= 4 is 61.8 Å². The Labute approximate surface area is 520 Å². The van der Waals surface area contributed by atoms with E-state index in [2.05, 4.69) is 133 Å². The summed E-state index contributed by atoms with van der Waals surface area (Å²) >= 11 is 0. The number of benzene rings is 6. The van der Waals surface area contributed by atoms with Crippen molar-refractivity contribution in [3.63, 3.8) is 0 Å². The van der Waals surface area contributed by atoms with E-state index < -0.39 is 0 Å². The number of rotatable bonds is 13. The summed E-state index contributed by atoms with van der Waals surface area (Å²) in [4.78, 5) is 60.4. The van der Waals surface area contributed by atoms with Crippen LogP contribution < -0.4 is 9.80 Å². The lowest BCUT2D eigenvalue weighted by molar-refractivity contribution is -0.172. The molecule has 9 aromatic rings. The fourth-order valence-corrected chi connectivity index (χ4v) is 14.2. The molecule has 16 heteroatoms. The van der Waals surface area contributed by atoms with Crippen LogP contribution in [0.5, 0.6) is 0 Å². The maximum Gasteiger partial charge on any atom is 0.253 e. The Morgan fingerprint density at radius 1 is 0.404 bits per heavy atom. The molecule has 9 heterocycles. The number of carbonyl (C=O) groups is 3. The fraction of sp³-hybridized carbons (Fsp3) is 0.384. The Morgan fingerprint density at radius 3 is 1.21 bits per heavy atom. The van der Waals surface area contributed by atoms with Crippen molar-refractivity contribution in [1.82, 2.24) is 34.6 Å². The number of likely N-dealkylation sites (tertiary alicyclic amines) is 3. The predicted octanol–water partition coefficient (Wildman–Crippen LogP) is 11.0. The molecule has 0 bridgehead atoms. The number of morpholine rings is 3. The minimum atomic E-state index is -0.336. The summed E-state index contributed by atoms with van der Waals surface area (Å²) in [5.74, 6) is -0.268. The molecule has 0 atom stereocenters. The van der Waals surface area contributed by atoms with E-state index in [1.807, 2.05) is 58.3 Å². The number of carbonyl (C=O) groups excluding carboxylic acids is 3. The van der Waals surface area contributed by atoms with Crippen molar-refractivity contribution in [3.8, 4) is 0 Å². The van der Waals surface area contributed by atoms with E-state index in [0.29, 0.717) is 31.9 Å². The number of nitrogens with one attached hydrogen (secondary N) is 3. The molecule has 15 nitrogen and oxygen atoms in total. The van der Waals surface area contributed by atoms with Gasteiger partial charge in [-0.15, -0.1) is 0 Å². The largest absolute Gasteiger partial charge is 0.363 e. The summed E-state index contributed by atoms with van der Waals surface area (Å²) in [6.07, 6.45) is 15.2. The number of ether oxygens (including phenoxy) is 3. The van der Waals surface area contributed by atoms with Crippen LogP contribution in [-0.4, -0.2) is 167 Å². The zero-order valence-corrected chi connectivity index (χ0v) is 50.9. The van der Waals surface area contributed by atoms with Gasteiger partial charge in [-0.05, 0) is 129 Å². The van der Waals surface area contributed by atoms with Crippen LogP contribution in [0.4, 0.5) is 15.8 Å². The van der Waals surface area contributed by atoms with Gasteiger partial charge in [0.15, 0.2) is 0 Å². The molecular formula is C73H82FN9O6. The van der Waals surface area contributed by atoms with Crippen molar-refractivity contribution in [1.29, 1.82) is 0 Å². The number of aromatic nitrogens is 3. The highest BCUT2D eigenvalue weighted by Gasteiger charge is 2.45. The number of hydrogen-bond acceptors (Lipinski definition) is 9. The third-order valence-electron chi connectivity index (χ3n) is 19.7. The third kappa shape index (κ3) is 14.1. The van der Waals surface area contributed by atoms with Gasteiger partial charge in [0, 0.05) is 128 Å². The number of hydrogen-bond donors (Lipinski definition) is 3. The molecule has 3 amide bonds. The van der Waals surface area contributed by atoms with Crippen molar-refractivity contribution < 1.29 is 33.0 Å². The Hall–Kier alpha value is -7.96. The summed E-state index contributed by atoms with van der Waals surface area (Å²) in [5, 5.41) is 3.95. The number of amides is 3. The van der Waals surface area contributed by atoms with Gasteiger partial charge in [-0.2, -0.15) is 0 Å². The van der Waals surface area contributed by atoms with E-state index in [-0.39, 0.29) is 60.2 Å². The highest BCUT2D eigenvalue weighted by Crippen LogP contribution is 2.36. The molecule has 0 unspecified atom stereocenters. The molecule has 15 rings (SSSR count). The summed E-state index contributed by atoms with van der Waals surface area (Å²) in [6, 6.07) is 51.9. The first-order valence-electron chi connectivity index (χ1n) is 32.0. The molecule has 0 radical (unpaired) electrons. The van der Waals surface area contributed by atoms with E-state index >= 15 is 0 Å². The second-order valence-electron chi connectivity index (χ2n) is 25.3. The Morgan fingerprint density at radius 2 is 0.775 bits per heavy atom. The Kier molecular flexibility index (Phi) is 18.2. The monoisotopic (exact) mass is 1200 g/mol. The maximum atomic E-state index is 13.7. The van der Waals surface area contributed by atoms with Crippen LogP contribution in [0.1, 0.15) is 60.8 Å². The number of nitrogens with zero attached hydrogens (tertiary/aromatic N) is 6. The number of piperidine rings is 3.